The number of hydrogen-bond acceptors (Lipinski definition) is 4. The zero-order valence-corrected chi connectivity index (χ0v) is 15.3. The molecule has 1 aromatic heterocycles. The Labute approximate surface area is 159 Å². The van der Waals surface area contributed by atoms with Crippen LogP contribution in [-0.2, 0) is 11.2 Å². The molecule has 3 rings (SSSR count). The topological polar surface area (TPSA) is 63.2 Å². The van der Waals surface area contributed by atoms with Gasteiger partial charge in [0.2, 0.25) is 5.91 Å². The molecule has 1 heterocycles. The van der Waals surface area contributed by atoms with Gasteiger partial charge in [-0.05, 0) is 43.2 Å². The third kappa shape index (κ3) is 5.57. The van der Waals surface area contributed by atoms with Crippen LogP contribution >= 0.6 is 0 Å². The summed E-state index contributed by atoms with van der Waals surface area (Å²) in [6.07, 6.45) is 2.82. The van der Waals surface area contributed by atoms with Crippen molar-refractivity contribution in [1.82, 2.24) is 4.98 Å². The Bertz CT molecular complexity index is 864. The highest BCUT2D eigenvalue weighted by atomic mass is 16.5. The Kier molecular flexibility index (Phi) is 6.41. The fraction of sp³-hybridized carbons (Fsp3) is 0.182. The lowest BCUT2D eigenvalue weighted by Gasteiger charge is -2.12. The first-order chi connectivity index (χ1) is 13.2. The quantitative estimate of drug-likeness (QED) is 0.605. The number of carbonyl (C=O) groups excluding carboxylic acids is 1. The van der Waals surface area contributed by atoms with Crippen LogP contribution in [0.3, 0.4) is 0 Å². The summed E-state index contributed by atoms with van der Waals surface area (Å²) in [7, 11) is 0. The summed E-state index contributed by atoms with van der Waals surface area (Å²) in [5, 5.41) is 6.12. The summed E-state index contributed by atoms with van der Waals surface area (Å²) in [4.78, 5) is 16.4. The Morgan fingerprint density at radius 2 is 1.78 bits per heavy atom. The van der Waals surface area contributed by atoms with E-state index in [0.717, 1.165) is 22.7 Å². The van der Waals surface area contributed by atoms with E-state index in [4.69, 9.17) is 4.74 Å². The van der Waals surface area contributed by atoms with Gasteiger partial charge in [0.25, 0.3) is 0 Å². The van der Waals surface area contributed by atoms with E-state index >= 15 is 0 Å². The monoisotopic (exact) mass is 361 g/mol. The lowest BCUT2D eigenvalue weighted by atomic mass is 10.1. The molecular weight excluding hydrogens is 338 g/mol. The molecule has 0 saturated carbocycles. The maximum atomic E-state index is 12.1. The average Bonchev–Trinajstić information content (AvgIpc) is 2.70. The van der Waals surface area contributed by atoms with Crippen LogP contribution in [0, 0.1) is 0 Å². The molecule has 3 aromatic rings. The number of nitrogens with zero attached hydrogens (tertiary/aromatic N) is 1. The standard InChI is InChI=1S/C22H23N3O2/c1-2-27-20-11-7-6-10-19(20)24-18-13-14-21(23-16-18)25-22(26)15-12-17-8-4-3-5-9-17/h3-11,13-14,16,24H,2,12,15H2,1H3,(H,23,25,26). The van der Waals surface area contributed by atoms with Crippen molar-refractivity contribution < 1.29 is 9.53 Å². The largest absolute Gasteiger partial charge is 0.492 e. The minimum atomic E-state index is -0.0475. The number of benzene rings is 2. The summed E-state index contributed by atoms with van der Waals surface area (Å²) in [5.41, 5.74) is 2.85. The summed E-state index contributed by atoms with van der Waals surface area (Å²) in [6.45, 7) is 2.55. The average molecular weight is 361 g/mol. The third-order valence-electron chi connectivity index (χ3n) is 3.98. The number of amides is 1. The Morgan fingerprint density at radius 3 is 2.52 bits per heavy atom. The van der Waals surface area contributed by atoms with Crippen LogP contribution in [0.5, 0.6) is 5.75 Å². The van der Waals surface area contributed by atoms with Crippen molar-refractivity contribution in [2.45, 2.75) is 19.8 Å². The molecule has 0 spiro atoms. The lowest BCUT2D eigenvalue weighted by Crippen LogP contribution is -2.13. The summed E-state index contributed by atoms with van der Waals surface area (Å²) in [6, 6.07) is 21.4. The molecule has 0 atom stereocenters. The van der Waals surface area contributed by atoms with Gasteiger partial charge in [0, 0.05) is 6.42 Å². The fourth-order valence-electron chi connectivity index (χ4n) is 2.66. The normalized spacial score (nSPS) is 10.3. The van der Waals surface area contributed by atoms with Crippen LogP contribution in [0.1, 0.15) is 18.9 Å². The van der Waals surface area contributed by atoms with Crippen molar-refractivity contribution in [2.75, 3.05) is 17.2 Å². The molecule has 0 aliphatic carbocycles. The molecule has 0 aliphatic rings. The van der Waals surface area contributed by atoms with Crippen LogP contribution in [0.4, 0.5) is 17.2 Å². The Balaban J connectivity index is 1.55. The highest BCUT2D eigenvalue weighted by molar-refractivity contribution is 5.90. The number of hydrogen-bond donors (Lipinski definition) is 2. The van der Waals surface area contributed by atoms with Gasteiger partial charge in [0.05, 0.1) is 24.2 Å². The molecule has 2 aromatic carbocycles. The lowest BCUT2D eigenvalue weighted by molar-refractivity contribution is -0.116. The number of rotatable bonds is 8. The van der Waals surface area contributed by atoms with Gasteiger partial charge in [-0.1, -0.05) is 42.5 Å². The second-order valence-electron chi connectivity index (χ2n) is 6.02. The van der Waals surface area contributed by atoms with Crippen molar-refractivity contribution >= 4 is 23.1 Å². The van der Waals surface area contributed by atoms with Crippen LogP contribution in [0.2, 0.25) is 0 Å². The van der Waals surface area contributed by atoms with Crippen LogP contribution in [0.25, 0.3) is 0 Å². The van der Waals surface area contributed by atoms with E-state index in [1.54, 1.807) is 12.3 Å². The first-order valence-electron chi connectivity index (χ1n) is 9.03. The number of pyridine rings is 1. The minimum Gasteiger partial charge on any atom is -0.492 e. The molecule has 0 radical (unpaired) electrons. The number of ether oxygens (including phenoxy) is 1. The molecule has 138 valence electrons. The molecule has 0 bridgehead atoms. The molecule has 0 unspecified atom stereocenters. The third-order valence-corrected chi connectivity index (χ3v) is 3.98. The zero-order valence-electron chi connectivity index (χ0n) is 15.3. The number of aryl methyl sites for hydroxylation is 1. The van der Waals surface area contributed by atoms with E-state index < -0.39 is 0 Å². The second-order valence-corrected chi connectivity index (χ2v) is 6.02. The van der Waals surface area contributed by atoms with Gasteiger partial charge in [-0.2, -0.15) is 0 Å². The van der Waals surface area contributed by atoms with Crippen molar-refractivity contribution in [3.8, 4) is 5.75 Å². The first-order valence-corrected chi connectivity index (χ1v) is 9.03. The number of nitrogens with one attached hydrogen (secondary N) is 2. The highest BCUT2D eigenvalue weighted by Gasteiger charge is 2.06. The first kappa shape index (κ1) is 18.5. The Hall–Kier alpha value is -3.34. The molecule has 2 N–H and O–H groups in total. The molecule has 0 aliphatic heterocycles. The van der Waals surface area contributed by atoms with Crippen molar-refractivity contribution in [2.24, 2.45) is 0 Å². The molecule has 27 heavy (non-hydrogen) atoms. The maximum Gasteiger partial charge on any atom is 0.225 e. The number of aromatic nitrogens is 1. The van der Waals surface area contributed by atoms with Gasteiger partial charge >= 0.3 is 0 Å². The minimum absolute atomic E-state index is 0.0475. The van der Waals surface area contributed by atoms with Crippen molar-refractivity contribution in [3.05, 3.63) is 78.5 Å². The van der Waals surface area contributed by atoms with E-state index in [0.29, 0.717) is 25.3 Å². The van der Waals surface area contributed by atoms with Crippen LogP contribution < -0.4 is 15.4 Å². The Morgan fingerprint density at radius 1 is 1.00 bits per heavy atom. The van der Waals surface area contributed by atoms with Crippen molar-refractivity contribution in [3.63, 3.8) is 0 Å². The van der Waals surface area contributed by atoms with Crippen LogP contribution in [-0.4, -0.2) is 17.5 Å². The fourth-order valence-corrected chi connectivity index (χ4v) is 2.66. The van der Waals surface area contributed by atoms with E-state index in [-0.39, 0.29) is 5.91 Å². The number of carbonyl (C=O) groups is 1. The SMILES string of the molecule is CCOc1ccccc1Nc1ccc(NC(=O)CCc2ccccc2)nc1. The smallest absolute Gasteiger partial charge is 0.225 e. The van der Waals surface area contributed by atoms with E-state index in [2.05, 4.69) is 15.6 Å². The maximum absolute atomic E-state index is 12.1. The number of para-hydroxylation sites is 2. The van der Waals surface area contributed by atoms with E-state index in [1.165, 1.54) is 0 Å². The molecule has 5 heteroatoms. The van der Waals surface area contributed by atoms with Gasteiger partial charge in [-0.15, -0.1) is 0 Å². The van der Waals surface area contributed by atoms with E-state index in [1.807, 2.05) is 67.6 Å². The van der Waals surface area contributed by atoms with Gasteiger partial charge in [0.1, 0.15) is 11.6 Å². The summed E-state index contributed by atoms with van der Waals surface area (Å²) < 4.78 is 5.61. The summed E-state index contributed by atoms with van der Waals surface area (Å²) in [5.74, 6) is 1.28. The van der Waals surface area contributed by atoms with Crippen molar-refractivity contribution in [1.29, 1.82) is 0 Å². The summed E-state index contributed by atoms with van der Waals surface area (Å²) >= 11 is 0. The highest BCUT2D eigenvalue weighted by Crippen LogP contribution is 2.27. The molecule has 1 amide bonds. The van der Waals surface area contributed by atoms with Gasteiger partial charge in [-0.3, -0.25) is 4.79 Å². The predicted molar refractivity (Wildman–Crippen MR) is 109 cm³/mol. The van der Waals surface area contributed by atoms with Crippen LogP contribution in [0.15, 0.2) is 72.9 Å². The van der Waals surface area contributed by atoms with Gasteiger partial charge in [0.15, 0.2) is 0 Å². The second kappa shape index (κ2) is 9.38. The zero-order chi connectivity index (χ0) is 18.9. The predicted octanol–water partition coefficient (Wildman–Crippen LogP) is 4.80. The molecule has 0 fully saturated rings. The molecule has 5 nitrogen and oxygen atoms in total. The van der Waals surface area contributed by atoms with Gasteiger partial charge in [-0.25, -0.2) is 4.98 Å². The van der Waals surface area contributed by atoms with Gasteiger partial charge < -0.3 is 15.4 Å². The molecule has 0 saturated heterocycles. The number of anilines is 3. The molecular formula is C22H23N3O2. The van der Waals surface area contributed by atoms with E-state index in [9.17, 15) is 4.79 Å².